The Kier molecular flexibility index (Phi) is 3.95. The summed E-state index contributed by atoms with van der Waals surface area (Å²) in [5.41, 5.74) is 11.0. The number of carbonyl (C=O) groups is 1. The highest BCUT2D eigenvalue weighted by Gasteiger charge is 2.18. The van der Waals surface area contributed by atoms with Gasteiger partial charge in [0.2, 0.25) is 0 Å². The van der Waals surface area contributed by atoms with Crippen molar-refractivity contribution in [3.05, 3.63) is 39.4 Å². The van der Waals surface area contributed by atoms with Gasteiger partial charge < -0.3 is 5.73 Å². The van der Waals surface area contributed by atoms with Crippen LogP contribution >= 0.6 is 11.3 Å². The van der Waals surface area contributed by atoms with E-state index in [2.05, 4.69) is 44.8 Å². The normalized spacial score (nSPS) is 11.1. The average Bonchev–Trinajstić information content (AvgIpc) is 2.70. The highest BCUT2D eigenvalue weighted by atomic mass is 32.1. The van der Waals surface area contributed by atoms with Gasteiger partial charge in [-0.25, -0.2) is 4.98 Å². The summed E-state index contributed by atoms with van der Waals surface area (Å²) < 4.78 is 0. The summed E-state index contributed by atoms with van der Waals surface area (Å²) in [4.78, 5) is 16.5. The second-order valence-electron chi connectivity index (χ2n) is 5.42. The van der Waals surface area contributed by atoms with Crippen LogP contribution in [0.2, 0.25) is 0 Å². The number of nitrogens with zero attached hydrogens (tertiary/aromatic N) is 1. The first-order valence-corrected chi connectivity index (χ1v) is 7.52. The van der Waals surface area contributed by atoms with E-state index in [0.29, 0.717) is 16.5 Å². The topological polar surface area (TPSA) is 56.0 Å². The summed E-state index contributed by atoms with van der Waals surface area (Å²) >= 11 is 1.38. The predicted octanol–water partition coefficient (Wildman–Crippen LogP) is 3.96. The second-order valence-corrected chi connectivity index (χ2v) is 6.42. The third-order valence-corrected chi connectivity index (χ3v) is 4.76. The molecule has 0 aliphatic rings. The van der Waals surface area contributed by atoms with Gasteiger partial charge in [0.05, 0.1) is 5.69 Å². The lowest BCUT2D eigenvalue weighted by atomic mass is 9.92. The maximum Gasteiger partial charge on any atom is 0.260 e. The van der Waals surface area contributed by atoms with Crippen LogP contribution in [0.1, 0.15) is 51.8 Å². The summed E-state index contributed by atoms with van der Waals surface area (Å²) in [7, 11) is 0. The fraction of sp³-hybridized carbons (Fsp3) is 0.375. The molecule has 3 nitrogen and oxygen atoms in total. The summed E-state index contributed by atoms with van der Waals surface area (Å²) in [6.07, 6.45) is 0. The van der Waals surface area contributed by atoms with Gasteiger partial charge in [-0.15, -0.1) is 11.3 Å². The molecule has 106 valence electrons. The van der Waals surface area contributed by atoms with E-state index in [1.165, 1.54) is 28.0 Å². The first-order valence-electron chi connectivity index (χ1n) is 6.70. The van der Waals surface area contributed by atoms with Crippen LogP contribution in [0.25, 0.3) is 10.6 Å². The molecule has 0 unspecified atom stereocenters. The molecule has 0 saturated heterocycles. The van der Waals surface area contributed by atoms with Gasteiger partial charge >= 0.3 is 0 Å². The van der Waals surface area contributed by atoms with Crippen LogP contribution < -0.4 is 5.73 Å². The second kappa shape index (κ2) is 5.37. The zero-order chi connectivity index (χ0) is 15.0. The number of aryl methyl sites for hydroxylation is 2. The molecule has 20 heavy (non-hydrogen) atoms. The molecule has 0 radical (unpaired) electrons. The predicted molar refractivity (Wildman–Crippen MR) is 84.4 cm³/mol. The Morgan fingerprint density at radius 2 is 1.90 bits per heavy atom. The van der Waals surface area contributed by atoms with Crippen molar-refractivity contribution in [1.29, 1.82) is 0 Å². The molecule has 4 heteroatoms. The highest BCUT2D eigenvalue weighted by Crippen LogP contribution is 2.35. The lowest BCUT2D eigenvalue weighted by molar-refractivity contribution is 0.100. The Morgan fingerprint density at radius 1 is 1.25 bits per heavy atom. The zero-order valence-electron chi connectivity index (χ0n) is 12.6. The molecule has 0 fully saturated rings. The smallest absolute Gasteiger partial charge is 0.260 e. The van der Waals surface area contributed by atoms with E-state index in [9.17, 15) is 4.79 Å². The first kappa shape index (κ1) is 14.7. The van der Waals surface area contributed by atoms with Gasteiger partial charge in [0, 0.05) is 5.56 Å². The molecule has 1 amide bonds. The van der Waals surface area contributed by atoms with Gasteiger partial charge in [-0.1, -0.05) is 26.0 Å². The number of benzene rings is 1. The Labute approximate surface area is 123 Å². The molecule has 0 spiro atoms. The standard InChI is InChI=1S/C16H20N2OS/c1-8(2)12-7-6-9(3)13(10(12)4)16-18-11(5)14(20-16)15(17)19/h6-8H,1-5H3,(H2,17,19). The average molecular weight is 288 g/mol. The van der Waals surface area contributed by atoms with E-state index in [0.717, 1.165) is 10.6 Å². The van der Waals surface area contributed by atoms with E-state index in [1.54, 1.807) is 0 Å². The Bertz CT molecular complexity index is 671. The SMILES string of the molecule is Cc1ccc(C(C)C)c(C)c1-c1nc(C)c(C(N)=O)s1. The van der Waals surface area contributed by atoms with Gasteiger partial charge in [0.25, 0.3) is 5.91 Å². The molecule has 0 bridgehead atoms. The maximum absolute atomic E-state index is 11.4. The number of amides is 1. The Hall–Kier alpha value is -1.68. The Balaban J connectivity index is 2.66. The number of carbonyl (C=O) groups excluding carboxylic acids is 1. The highest BCUT2D eigenvalue weighted by molar-refractivity contribution is 7.17. The Morgan fingerprint density at radius 3 is 2.40 bits per heavy atom. The lowest BCUT2D eigenvalue weighted by Crippen LogP contribution is -2.09. The number of aromatic nitrogens is 1. The van der Waals surface area contributed by atoms with Crippen molar-refractivity contribution >= 4 is 17.2 Å². The molecule has 0 aliphatic heterocycles. The van der Waals surface area contributed by atoms with Gasteiger partial charge in [0.15, 0.2) is 0 Å². The van der Waals surface area contributed by atoms with Crippen LogP contribution in [-0.4, -0.2) is 10.9 Å². The largest absolute Gasteiger partial charge is 0.365 e. The fourth-order valence-electron chi connectivity index (χ4n) is 2.55. The van der Waals surface area contributed by atoms with Crippen molar-refractivity contribution in [3.8, 4) is 10.6 Å². The minimum atomic E-state index is -0.401. The van der Waals surface area contributed by atoms with E-state index in [-0.39, 0.29) is 0 Å². The van der Waals surface area contributed by atoms with Crippen LogP contribution in [0.15, 0.2) is 12.1 Å². The zero-order valence-corrected chi connectivity index (χ0v) is 13.4. The van der Waals surface area contributed by atoms with E-state index < -0.39 is 5.91 Å². The monoisotopic (exact) mass is 288 g/mol. The molecule has 1 heterocycles. The van der Waals surface area contributed by atoms with Crippen molar-refractivity contribution in [2.45, 2.75) is 40.5 Å². The van der Waals surface area contributed by atoms with Gasteiger partial charge in [-0.3, -0.25) is 4.79 Å². The number of thiazole rings is 1. The quantitative estimate of drug-likeness (QED) is 0.929. The molecule has 2 aromatic rings. The van der Waals surface area contributed by atoms with Crippen LogP contribution in [0, 0.1) is 20.8 Å². The molecule has 1 aromatic heterocycles. The number of primary amides is 1. The summed E-state index contributed by atoms with van der Waals surface area (Å²) in [6.45, 7) is 10.4. The van der Waals surface area contributed by atoms with Crippen LogP contribution in [-0.2, 0) is 0 Å². The van der Waals surface area contributed by atoms with Crippen molar-refractivity contribution in [1.82, 2.24) is 4.98 Å². The van der Waals surface area contributed by atoms with Gasteiger partial charge in [-0.05, 0) is 43.4 Å². The number of hydrogen-bond acceptors (Lipinski definition) is 3. The van der Waals surface area contributed by atoms with Crippen LogP contribution in [0.3, 0.4) is 0 Å². The van der Waals surface area contributed by atoms with Crippen molar-refractivity contribution < 1.29 is 4.79 Å². The first-order chi connectivity index (χ1) is 9.32. The molecule has 1 aromatic carbocycles. The van der Waals surface area contributed by atoms with Gasteiger partial charge in [-0.2, -0.15) is 0 Å². The molecule has 0 atom stereocenters. The number of hydrogen-bond donors (Lipinski definition) is 1. The van der Waals surface area contributed by atoms with Crippen LogP contribution in [0.4, 0.5) is 0 Å². The number of rotatable bonds is 3. The van der Waals surface area contributed by atoms with E-state index in [1.807, 2.05) is 6.92 Å². The molecule has 2 rings (SSSR count). The molecule has 2 N–H and O–H groups in total. The minimum Gasteiger partial charge on any atom is -0.365 e. The number of nitrogens with two attached hydrogens (primary N) is 1. The summed E-state index contributed by atoms with van der Waals surface area (Å²) in [5.74, 6) is 0.0626. The van der Waals surface area contributed by atoms with E-state index in [4.69, 9.17) is 5.73 Å². The summed E-state index contributed by atoms with van der Waals surface area (Å²) in [6, 6.07) is 4.30. The fourth-order valence-corrected chi connectivity index (χ4v) is 3.64. The van der Waals surface area contributed by atoms with Gasteiger partial charge in [0.1, 0.15) is 9.88 Å². The third-order valence-electron chi connectivity index (χ3n) is 3.57. The lowest BCUT2D eigenvalue weighted by Gasteiger charge is -2.15. The maximum atomic E-state index is 11.4. The van der Waals surface area contributed by atoms with Crippen molar-refractivity contribution in [2.75, 3.05) is 0 Å². The molecule has 0 saturated carbocycles. The third kappa shape index (κ3) is 2.48. The molecular formula is C16H20N2OS. The van der Waals surface area contributed by atoms with Crippen molar-refractivity contribution in [3.63, 3.8) is 0 Å². The van der Waals surface area contributed by atoms with Crippen LogP contribution in [0.5, 0.6) is 0 Å². The minimum absolute atomic E-state index is 0.401. The van der Waals surface area contributed by atoms with E-state index >= 15 is 0 Å². The molecule has 0 aliphatic carbocycles. The summed E-state index contributed by atoms with van der Waals surface area (Å²) in [5, 5.41) is 0.883. The van der Waals surface area contributed by atoms with Crippen molar-refractivity contribution in [2.24, 2.45) is 5.73 Å². The molecular weight excluding hydrogens is 268 g/mol.